The van der Waals surface area contributed by atoms with E-state index in [9.17, 15) is 9.18 Å². The number of anilines is 2. The summed E-state index contributed by atoms with van der Waals surface area (Å²) in [5.41, 5.74) is 1.24. The topological polar surface area (TPSA) is 83.3 Å². The van der Waals surface area contributed by atoms with Crippen molar-refractivity contribution < 1.29 is 9.18 Å². The molecule has 2 unspecified atom stereocenters. The van der Waals surface area contributed by atoms with Gasteiger partial charge < -0.3 is 14.7 Å². The first-order valence-corrected chi connectivity index (χ1v) is 10.7. The van der Waals surface area contributed by atoms with E-state index >= 15 is 0 Å². The first-order chi connectivity index (χ1) is 15.4. The van der Waals surface area contributed by atoms with Crippen molar-refractivity contribution in [2.24, 2.45) is 5.92 Å². The molecular weight excluding hydrogens is 411 g/mol. The Hall–Kier alpha value is -3.56. The van der Waals surface area contributed by atoms with Crippen molar-refractivity contribution in [3.8, 4) is 5.69 Å². The third-order valence-electron chi connectivity index (χ3n) is 6.20. The molecule has 0 aliphatic carbocycles. The zero-order valence-corrected chi connectivity index (χ0v) is 18.3. The number of hydrogen-bond acceptors (Lipinski definition) is 7. The minimum atomic E-state index is -0.570. The number of halogens is 1. The van der Waals surface area contributed by atoms with Crippen LogP contribution in [0.2, 0.25) is 0 Å². The number of amides is 1. The van der Waals surface area contributed by atoms with Gasteiger partial charge in [-0.1, -0.05) is 6.07 Å². The molecule has 0 radical (unpaired) electrons. The lowest BCUT2D eigenvalue weighted by Crippen LogP contribution is -2.65. The number of fused-ring (bicyclic) bond motifs is 1. The summed E-state index contributed by atoms with van der Waals surface area (Å²) in [6, 6.07) is 6.64. The first kappa shape index (κ1) is 20.3. The van der Waals surface area contributed by atoms with Gasteiger partial charge in [-0.3, -0.25) is 4.79 Å². The van der Waals surface area contributed by atoms with Crippen LogP contribution in [0.3, 0.4) is 0 Å². The Bertz CT molecular complexity index is 1150. The lowest BCUT2D eigenvalue weighted by Gasteiger charge is -2.54. The number of carbonyl (C=O) groups excluding carboxylic acids is 1. The van der Waals surface area contributed by atoms with Gasteiger partial charge in [0.15, 0.2) is 0 Å². The molecular formula is C22H25FN8O. The molecule has 5 rings (SSSR count). The van der Waals surface area contributed by atoms with Crippen molar-refractivity contribution in [2.75, 3.05) is 43.5 Å². The van der Waals surface area contributed by atoms with Crippen LogP contribution in [0.5, 0.6) is 0 Å². The fraction of sp³-hybridized carbons (Fsp3) is 0.409. The van der Waals surface area contributed by atoms with Crippen molar-refractivity contribution in [3.63, 3.8) is 0 Å². The third-order valence-corrected chi connectivity index (χ3v) is 6.20. The molecule has 2 aromatic heterocycles. The van der Waals surface area contributed by atoms with Crippen molar-refractivity contribution in [1.82, 2.24) is 29.9 Å². The van der Waals surface area contributed by atoms with Crippen LogP contribution >= 0.6 is 0 Å². The van der Waals surface area contributed by atoms with Crippen LogP contribution in [0, 0.1) is 18.7 Å². The summed E-state index contributed by atoms with van der Waals surface area (Å²) < 4.78 is 14.8. The molecule has 10 heteroatoms. The molecule has 166 valence electrons. The first-order valence-electron chi connectivity index (χ1n) is 10.7. The zero-order chi connectivity index (χ0) is 22.4. The van der Waals surface area contributed by atoms with E-state index in [2.05, 4.69) is 20.1 Å². The molecule has 2 aliphatic rings. The van der Waals surface area contributed by atoms with E-state index in [-0.39, 0.29) is 17.5 Å². The fourth-order valence-electron chi connectivity index (χ4n) is 4.52. The third kappa shape index (κ3) is 3.45. The fourth-order valence-corrected chi connectivity index (χ4v) is 4.52. The molecule has 1 aromatic carbocycles. The Morgan fingerprint density at radius 2 is 1.94 bits per heavy atom. The Labute approximate surface area is 185 Å². The van der Waals surface area contributed by atoms with Crippen LogP contribution in [-0.4, -0.2) is 75.5 Å². The van der Waals surface area contributed by atoms with Gasteiger partial charge in [0.25, 0.3) is 5.91 Å². The second kappa shape index (κ2) is 7.85. The monoisotopic (exact) mass is 436 g/mol. The molecule has 0 saturated carbocycles. The Morgan fingerprint density at radius 1 is 1.16 bits per heavy atom. The summed E-state index contributed by atoms with van der Waals surface area (Å²) in [7, 11) is 3.83. The van der Waals surface area contributed by atoms with Gasteiger partial charge in [0.05, 0.1) is 18.4 Å². The number of benzene rings is 1. The Kier molecular flexibility index (Phi) is 4.99. The van der Waals surface area contributed by atoms with Gasteiger partial charge in [0.1, 0.15) is 22.9 Å². The van der Waals surface area contributed by atoms with Crippen LogP contribution < -0.4 is 9.80 Å². The number of hydrogen-bond donors (Lipinski definition) is 0. The predicted octanol–water partition coefficient (Wildman–Crippen LogP) is 1.92. The normalized spacial score (nSPS) is 20.0. The van der Waals surface area contributed by atoms with Gasteiger partial charge in [-0.25, -0.2) is 9.37 Å². The predicted molar refractivity (Wildman–Crippen MR) is 118 cm³/mol. The number of carbonyl (C=O) groups is 1. The van der Waals surface area contributed by atoms with E-state index in [4.69, 9.17) is 4.98 Å². The van der Waals surface area contributed by atoms with E-state index in [0.717, 1.165) is 24.5 Å². The summed E-state index contributed by atoms with van der Waals surface area (Å²) in [6.45, 7) is 3.97. The van der Waals surface area contributed by atoms with E-state index in [1.165, 1.54) is 23.3 Å². The maximum Gasteiger partial charge on any atom is 0.259 e. The molecule has 2 fully saturated rings. The van der Waals surface area contributed by atoms with Crippen LogP contribution in [0.15, 0.2) is 36.7 Å². The highest BCUT2D eigenvalue weighted by Gasteiger charge is 2.45. The number of nitrogens with zero attached hydrogens (tertiary/aromatic N) is 8. The highest BCUT2D eigenvalue weighted by atomic mass is 19.1. The highest BCUT2D eigenvalue weighted by molar-refractivity contribution is 5.98. The average Bonchev–Trinajstić information content (AvgIpc) is 3.28. The second-order valence-corrected chi connectivity index (χ2v) is 8.53. The van der Waals surface area contributed by atoms with Crippen LogP contribution in [0.1, 0.15) is 22.5 Å². The lowest BCUT2D eigenvalue weighted by molar-refractivity contribution is 0.0586. The minimum Gasteiger partial charge on any atom is -0.351 e. The van der Waals surface area contributed by atoms with Gasteiger partial charge in [-0.2, -0.15) is 20.0 Å². The van der Waals surface area contributed by atoms with Gasteiger partial charge in [0, 0.05) is 51.4 Å². The van der Waals surface area contributed by atoms with Gasteiger partial charge in [-0.15, -0.1) is 0 Å². The molecule has 0 bridgehead atoms. The van der Waals surface area contributed by atoms with Gasteiger partial charge >= 0.3 is 0 Å². The van der Waals surface area contributed by atoms with Gasteiger partial charge in [0.2, 0.25) is 5.95 Å². The van der Waals surface area contributed by atoms with Crippen LogP contribution in [-0.2, 0) is 0 Å². The molecule has 0 N–H and O–H groups in total. The second-order valence-electron chi connectivity index (χ2n) is 8.53. The minimum absolute atomic E-state index is 0.000739. The van der Waals surface area contributed by atoms with E-state index in [1.807, 2.05) is 32.0 Å². The van der Waals surface area contributed by atoms with Crippen LogP contribution in [0.25, 0.3) is 5.69 Å². The Morgan fingerprint density at radius 3 is 2.69 bits per heavy atom. The van der Waals surface area contributed by atoms with Gasteiger partial charge in [-0.05, 0) is 25.5 Å². The molecule has 2 aliphatic heterocycles. The maximum atomic E-state index is 14.8. The Balaban J connectivity index is 1.40. The van der Waals surface area contributed by atoms with E-state index < -0.39 is 5.82 Å². The molecule has 0 spiro atoms. The summed E-state index contributed by atoms with van der Waals surface area (Å²) in [4.78, 5) is 29.7. The number of aromatic nitrogens is 5. The van der Waals surface area contributed by atoms with Crippen molar-refractivity contribution in [3.05, 3.63) is 53.7 Å². The smallest absolute Gasteiger partial charge is 0.259 e. The SMILES string of the molecule is Cc1cc(N2CC3CCN(C(=O)c4c(F)cccc4-n4nccn4)CC32)nc(N(C)C)n1. The lowest BCUT2D eigenvalue weighted by atomic mass is 9.82. The van der Waals surface area contributed by atoms with Crippen LogP contribution in [0.4, 0.5) is 16.2 Å². The molecule has 4 heterocycles. The quantitative estimate of drug-likeness (QED) is 0.618. The average molecular weight is 436 g/mol. The highest BCUT2D eigenvalue weighted by Crippen LogP contribution is 2.37. The largest absolute Gasteiger partial charge is 0.351 e. The molecule has 32 heavy (non-hydrogen) atoms. The molecule has 9 nitrogen and oxygen atoms in total. The molecule has 3 aromatic rings. The number of rotatable bonds is 4. The summed E-state index contributed by atoms with van der Waals surface area (Å²) in [5, 5.41) is 8.16. The number of aryl methyl sites for hydroxylation is 1. The standard InChI is InChI=1S/C22H25FN8O/c1-14-11-19(27-22(26-14)28(2)3)30-12-15-7-10-29(13-18(15)30)21(32)20-16(23)5-4-6-17(20)31-24-8-9-25-31/h4-6,8-9,11,15,18H,7,10,12-13H2,1-3H3. The summed E-state index contributed by atoms with van der Waals surface area (Å²) in [5.74, 6) is 1.11. The number of likely N-dealkylation sites (tertiary alicyclic amines) is 1. The van der Waals surface area contributed by atoms with Crippen molar-refractivity contribution in [1.29, 1.82) is 0 Å². The molecule has 2 saturated heterocycles. The zero-order valence-electron chi connectivity index (χ0n) is 18.3. The summed E-state index contributed by atoms with van der Waals surface area (Å²) in [6.07, 6.45) is 3.88. The molecule has 1 amide bonds. The van der Waals surface area contributed by atoms with Crippen molar-refractivity contribution in [2.45, 2.75) is 19.4 Å². The summed E-state index contributed by atoms with van der Waals surface area (Å²) >= 11 is 0. The van der Waals surface area contributed by atoms with Crippen molar-refractivity contribution >= 4 is 17.7 Å². The maximum absolute atomic E-state index is 14.8. The van der Waals surface area contributed by atoms with E-state index in [0.29, 0.717) is 30.6 Å². The number of piperidine rings is 1. The van der Waals surface area contributed by atoms with E-state index in [1.54, 1.807) is 17.0 Å². The molecule has 2 atom stereocenters.